The molecule has 0 N–H and O–H groups in total. The number of para-hydroxylation sites is 1. The van der Waals surface area contributed by atoms with Crippen molar-refractivity contribution in [3.8, 4) is 28.2 Å². The van der Waals surface area contributed by atoms with Gasteiger partial charge in [-0.05, 0) is 29.8 Å². The fourth-order valence-electron chi connectivity index (χ4n) is 3.64. The SMILES string of the molecule is COc1ccc(-c2oc3ccccc3c2-c2ccccc2)c2cccnc12. The standard InChI is InChI=1S/C24H17NO2/c1-26-21-14-13-18(17-11-7-15-25-23(17)21)24-22(16-8-3-2-4-9-16)19-10-5-6-12-20(19)27-24/h2-15H,1H3. The van der Waals surface area contributed by atoms with E-state index in [0.717, 1.165) is 50.1 Å². The predicted octanol–water partition coefficient (Wildman–Crippen LogP) is 6.32. The lowest BCUT2D eigenvalue weighted by Gasteiger charge is -2.10. The number of rotatable bonds is 3. The maximum absolute atomic E-state index is 6.35. The van der Waals surface area contributed by atoms with Gasteiger partial charge in [0.25, 0.3) is 0 Å². The van der Waals surface area contributed by atoms with Gasteiger partial charge in [0.1, 0.15) is 22.6 Å². The fraction of sp³-hybridized carbons (Fsp3) is 0.0417. The highest BCUT2D eigenvalue weighted by atomic mass is 16.5. The molecule has 0 spiro atoms. The second-order valence-corrected chi connectivity index (χ2v) is 6.38. The third-order valence-corrected chi connectivity index (χ3v) is 4.86. The summed E-state index contributed by atoms with van der Waals surface area (Å²) < 4.78 is 11.9. The van der Waals surface area contributed by atoms with Gasteiger partial charge in [-0.2, -0.15) is 0 Å². The van der Waals surface area contributed by atoms with Crippen molar-refractivity contribution in [2.45, 2.75) is 0 Å². The van der Waals surface area contributed by atoms with Crippen LogP contribution in [0.5, 0.6) is 5.75 Å². The van der Waals surface area contributed by atoms with E-state index < -0.39 is 0 Å². The molecule has 5 rings (SSSR count). The summed E-state index contributed by atoms with van der Waals surface area (Å²) in [5.74, 6) is 1.61. The van der Waals surface area contributed by atoms with Crippen molar-refractivity contribution >= 4 is 21.9 Å². The number of ether oxygens (including phenoxy) is 1. The van der Waals surface area contributed by atoms with E-state index in [1.807, 2.05) is 42.5 Å². The van der Waals surface area contributed by atoms with E-state index >= 15 is 0 Å². The number of nitrogens with zero attached hydrogens (tertiary/aromatic N) is 1. The Morgan fingerprint density at radius 2 is 1.56 bits per heavy atom. The largest absolute Gasteiger partial charge is 0.494 e. The molecule has 0 bridgehead atoms. The molecule has 27 heavy (non-hydrogen) atoms. The number of fused-ring (bicyclic) bond motifs is 2. The maximum atomic E-state index is 6.35. The first kappa shape index (κ1) is 15.6. The monoisotopic (exact) mass is 351 g/mol. The molecule has 0 radical (unpaired) electrons. The molecule has 3 aromatic carbocycles. The van der Waals surface area contributed by atoms with Crippen LogP contribution in [0.3, 0.4) is 0 Å². The summed E-state index contributed by atoms with van der Waals surface area (Å²) in [5.41, 5.74) is 4.94. The van der Waals surface area contributed by atoms with E-state index in [0.29, 0.717) is 0 Å². The number of hydrogen-bond acceptors (Lipinski definition) is 3. The van der Waals surface area contributed by atoms with Crippen molar-refractivity contribution in [3.63, 3.8) is 0 Å². The van der Waals surface area contributed by atoms with Crippen LogP contribution < -0.4 is 4.74 Å². The second kappa shape index (κ2) is 6.29. The third-order valence-electron chi connectivity index (χ3n) is 4.86. The van der Waals surface area contributed by atoms with Gasteiger partial charge in [0.05, 0.1) is 7.11 Å². The lowest BCUT2D eigenvalue weighted by molar-refractivity contribution is 0.419. The average molecular weight is 351 g/mol. The van der Waals surface area contributed by atoms with E-state index in [9.17, 15) is 0 Å². The molecule has 5 aromatic rings. The molecule has 0 unspecified atom stereocenters. The molecule has 2 aromatic heterocycles. The molecular weight excluding hydrogens is 334 g/mol. The first-order valence-electron chi connectivity index (χ1n) is 8.86. The van der Waals surface area contributed by atoms with Gasteiger partial charge in [0.15, 0.2) is 0 Å². The minimum Gasteiger partial charge on any atom is -0.494 e. The minimum absolute atomic E-state index is 0.756. The van der Waals surface area contributed by atoms with Crippen LogP contribution in [0.2, 0.25) is 0 Å². The number of benzene rings is 3. The molecule has 0 amide bonds. The molecule has 0 saturated carbocycles. The molecule has 3 nitrogen and oxygen atoms in total. The summed E-state index contributed by atoms with van der Waals surface area (Å²) in [6.45, 7) is 0. The Hall–Kier alpha value is -3.59. The number of hydrogen-bond donors (Lipinski definition) is 0. The smallest absolute Gasteiger partial charge is 0.145 e. The van der Waals surface area contributed by atoms with E-state index in [2.05, 4.69) is 41.4 Å². The molecule has 0 saturated heterocycles. The van der Waals surface area contributed by atoms with Crippen molar-refractivity contribution in [2.24, 2.45) is 0 Å². The van der Waals surface area contributed by atoms with Gasteiger partial charge < -0.3 is 9.15 Å². The molecule has 130 valence electrons. The zero-order valence-corrected chi connectivity index (χ0v) is 14.8. The minimum atomic E-state index is 0.756. The summed E-state index contributed by atoms with van der Waals surface area (Å²) in [6.07, 6.45) is 1.78. The van der Waals surface area contributed by atoms with Crippen LogP contribution in [0.4, 0.5) is 0 Å². The van der Waals surface area contributed by atoms with Crippen molar-refractivity contribution < 1.29 is 9.15 Å². The molecule has 3 heteroatoms. The summed E-state index contributed by atoms with van der Waals surface area (Å²) >= 11 is 0. The fourth-order valence-corrected chi connectivity index (χ4v) is 3.64. The molecular formula is C24H17NO2. The lowest BCUT2D eigenvalue weighted by atomic mass is 9.96. The van der Waals surface area contributed by atoms with Gasteiger partial charge >= 0.3 is 0 Å². The molecule has 0 atom stereocenters. The first-order valence-corrected chi connectivity index (χ1v) is 8.86. The van der Waals surface area contributed by atoms with Gasteiger partial charge in [-0.15, -0.1) is 0 Å². The number of methoxy groups -OCH3 is 1. The van der Waals surface area contributed by atoms with Crippen LogP contribution in [0.25, 0.3) is 44.3 Å². The topological polar surface area (TPSA) is 35.3 Å². The third kappa shape index (κ3) is 2.48. The van der Waals surface area contributed by atoms with Crippen molar-refractivity contribution in [2.75, 3.05) is 7.11 Å². The number of pyridine rings is 1. The Morgan fingerprint density at radius 3 is 2.41 bits per heavy atom. The highest BCUT2D eigenvalue weighted by Gasteiger charge is 2.20. The van der Waals surface area contributed by atoms with Crippen LogP contribution >= 0.6 is 0 Å². The predicted molar refractivity (Wildman–Crippen MR) is 109 cm³/mol. The van der Waals surface area contributed by atoms with Gasteiger partial charge in [0.2, 0.25) is 0 Å². The molecule has 0 aliphatic carbocycles. The first-order chi connectivity index (χ1) is 13.4. The lowest BCUT2D eigenvalue weighted by Crippen LogP contribution is -1.90. The Morgan fingerprint density at radius 1 is 0.778 bits per heavy atom. The second-order valence-electron chi connectivity index (χ2n) is 6.38. The molecule has 0 aliphatic rings. The number of furan rings is 1. The molecule has 0 aliphatic heterocycles. The summed E-state index contributed by atoms with van der Waals surface area (Å²) in [4.78, 5) is 4.53. The van der Waals surface area contributed by atoms with Crippen LogP contribution in [0, 0.1) is 0 Å². The highest BCUT2D eigenvalue weighted by molar-refractivity contribution is 6.07. The Kier molecular flexibility index (Phi) is 3.65. The average Bonchev–Trinajstić information content (AvgIpc) is 3.13. The van der Waals surface area contributed by atoms with Gasteiger partial charge in [-0.1, -0.05) is 54.6 Å². The molecule has 2 heterocycles. The maximum Gasteiger partial charge on any atom is 0.145 e. The molecule has 0 fully saturated rings. The number of aromatic nitrogens is 1. The summed E-state index contributed by atoms with van der Waals surface area (Å²) in [7, 11) is 1.67. The van der Waals surface area contributed by atoms with Gasteiger partial charge in [-0.3, -0.25) is 4.98 Å². The van der Waals surface area contributed by atoms with Gasteiger partial charge in [0, 0.05) is 28.1 Å². The van der Waals surface area contributed by atoms with E-state index in [1.165, 1.54) is 0 Å². The van der Waals surface area contributed by atoms with Crippen molar-refractivity contribution in [1.29, 1.82) is 0 Å². The summed E-state index contributed by atoms with van der Waals surface area (Å²) in [5, 5.41) is 2.11. The quantitative estimate of drug-likeness (QED) is 0.381. The Bertz CT molecular complexity index is 1260. The van der Waals surface area contributed by atoms with Crippen molar-refractivity contribution in [3.05, 3.63) is 85.1 Å². The van der Waals surface area contributed by atoms with Crippen LogP contribution in [-0.2, 0) is 0 Å². The Balaban J connectivity index is 1.89. The van der Waals surface area contributed by atoms with E-state index in [4.69, 9.17) is 9.15 Å². The summed E-state index contributed by atoms with van der Waals surface area (Å²) in [6, 6.07) is 26.5. The Labute approximate surface area is 156 Å². The van der Waals surface area contributed by atoms with Crippen LogP contribution in [0.15, 0.2) is 89.5 Å². The van der Waals surface area contributed by atoms with E-state index in [1.54, 1.807) is 13.3 Å². The van der Waals surface area contributed by atoms with Gasteiger partial charge in [-0.25, -0.2) is 0 Å². The normalized spacial score (nSPS) is 11.1. The van der Waals surface area contributed by atoms with Crippen molar-refractivity contribution in [1.82, 2.24) is 4.98 Å². The van der Waals surface area contributed by atoms with Crippen LogP contribution in [-0.4, -0.2) is 12.1 Å². The zero-order chi connectivity index (χ0) is 18.2. The van der Waals surface area contributed by atoms with Crippen LogP contribution in [0.1, 0.15) is 0 Å². The highest BCUT2D eigenvalue weighted by Crippen LogP contribution is 2.43. The van der Waals surface area contributed by atoms with E-state index in [-0.39, 0.29) is 0 Å². The zero-order valence-electron chi connectivity index (χ0n) is 14.8.